The highest BCUT2D eigenvalue weighted by Crippen LogP contribution is 1.87. The van der Waals surface area contributed by atoms with E-state index in [4.69, 9.17) is 10.2 Å². The Bertz CT molecular complexity index is 71.7. The molecule has 1 atom stereocenters. The van der Waals surface area contributed by atoms with Crippen molar-refractivity contribution < 1.29 is 15.0 Å². The van der Waals surface area contributed by atoms with E-state index in [1.165, 1.54) is 12.8 Å². The Labute approximate surface area is 68.0 Å². The lowest BCUT2D eigenvalue weighted by molar-refractivity contribution is -0.116. The van der Waals surface area contributed by atoms with Crippen LogP contribution < -0.4 is 0 Å². The standard InChI is InChI=1S/C5H11.C3H6O3/c1-3-5-4-2;4-1-3(6)2-5/h1,3-5H2,2H3;1,3,5-6H,2H2/q-1;/t;3-/m.0/s1. The summed E-state index contributed by atoms with van der Waals surface area (Å²) in [6.45, 7) is 5.36. The van der Waals surface area contributed by atoms with Crippen LogP contribution >= 0.6 is 0 Å². The molecule has 3 heteroatoms. The van der Waals surface area contributed by atoms with Crippen molar-refractivity contribution in [3.8, 4) is 0 Å². The Morgan fingerprint density at radius 1 is 1.64 bits per heavy atom. The number of unbranched alkanes of at least 4 members (excludes halogenated alkanes) is 2. The van der Waals surface area contributed by atoms with Crippen LogP contribution in [0.15, 0.2) is 0 Å². The second-order valence-electron chi connectivity index (χ2n) is 2.09. The Balaban J connectivity index is 0. The van der Waals surface area contributed by atoms with Crippen LogP contribution in [0.4, 0.5) is 0 Å². The minimum atomic E-state index is -1.19. The third-order valence-electron chi connectivity index (χ3n) is 0.948. The van der Waals surface area contributed by atoms with Crippen LogP contribution in [-0.2, 0) is 4.79 Å². The van der Waals surface area contributed by atoms with E-state index in [0.717, 1.165) is 6.42 Å². The van der Waals surface area contributed by atoms with E-state index in [1.54, 1.807) is 0 Å². The van der Waals surface area contributed by atoms with E-state index in [0.29, 0.717) is 0 Å². The van der Waals surface area contributed by atoms with Gasteiger partial charge in [0.15, 0.2) is 6.29 Å². The summed E-state index contributed by atoms with van der Waals surface area (Å²) >= 11 is 0. The molecule has 0 amide bonds. The van der Waals surface area contributed by atoms with Gasteiger partial charge in [0, 0.05) is 0 Å². The molecule has 0 saturated heterocycles. The average Bonchev–Trinajstić information content (AvgIpc) is 2.06. The van der Waals surface area contributed by atoms with Crippen LogP contribution in [0, 0.1) is 6.92 Å². The maximum Gasteiger partial charge on any atom is 0.150 e. The average molecular weight is 161 g/mol. The molecule has 11 heavy (non-hydrogen) atoms. The summed E-state index contributed by atoms with van der Waals surface area (Å²) in [4.78, 5) is 9.33. The first-order valence-electron chi connectivity index (χ1n) is 3.76. The molecule has 0 aliphatic heterocycles. The lowest BCUT2D eigenvalue weighted by atomic mass is 10.3. The number of aldehydes is 1. The summed E-state index contributed by atoms with van der Waals surface area (Å²) in [5.74, 6) is 0. The van der Waals surface area contributed by atoms with E-state index in [9.17, 15) is 4.79 Å². The third-order valence-corrected chi connectivity index (χ3v) is 0.948. The van der Waals surface area contributed by atoms with Gasteiger partial charge in [0.1, 0.15) is 6.10 Å². The van der Waals surface area contributed by atoms with Crippen LogP contribution in [0.25, 0.3) is 0 Å². The maximum atomic E-state index is 9.33. The second kappa shape index (κ2) is 12.3. The highest BCUT2D eigenvalue weighted by atomic mass is 16.3. The van der Waals surface area contributed by atoms with Crippen LogP contribution in [-0.4, -0.2) is 29.2 Å². The summed E-state index contributed by atoms with van der Waals surface area (Å²) < 4.78 is 0. The predicted octanol–water partition coefficient (Wildman–Crippen LogP) is 0.549. The van der Waals surface area contributed by atoms with Gasteiger partial charge in [-0.25, -0.2) is 0 Å². The van der Waals surface area contributed by atoms with Crippen LogP contribution in [0.2, 0.25) is 0 Å². The van der Waals surface area contributed by atoms with Crippen molar-refractivity contribution in [3.05, 3.63) is 6.92 Å². The molecule has 3 nitrogen and oxygen atoms in total. The van der Waals surface area contributed by atoms with Crippen molar-refractivity contribution in [2.45, 2.75) is 32.3 Å². The third kappa shape index (κ3) is 17.7. The van der Waals surface area contributed by atoms with Gasteiger partial charge in [-0.2, -0.15) is 6.42 Å². The molecular formula is C8H17O3-. The number of aliphatic hydroxyl groups is 2. The van der Waals surface area contributed by atoms with Gasteiger partial charge in [-0.1, -0.05) is 19.8 Å². The van der Waals surface area contributed by atoms with Crippen LogP contribution in [0.3, 0.4) is 0 Å². The molecule has 0 aromatic heterocycles. The molecule has 0 aromatic carbocycles. The first-order chi connectivity index (χ1) is 5.22. The Hall–Kier alpha value is -0.410. The van der Waals surface area contributed by atoms with Gasteiger partial charge in [0.2, 0.25) is 0 Å². The number of carbonyl (C=O) groups is 1. The van der Waals surface area contributed by atoms with E-state index >= 15 is 0 Å². The monoisotopic (exact) mass is 161 g/mol. The molecular weight excluding hydrogens is 144 g/mol. The van der Waals surface area contributed by atoms with Gasteiger partial charge in [0.05, 0.1) is 6.61 Å². The topological polar surface area (TPSA) is 57.5 Å². The van der Waals surface area contributed by atoms with Crippen molar-refractivity contribution in [2.24, 2.45) is 0 Å². The molecule has 68 valence electrons. The zero-order valence-corrected chi connectivity index (χ0v) is 6.99. The molecule has 0 aliphatic rings. The SMILES string of the molecule is O=C[C@H](O)CO.[CH2-]CCCC. The lowest BCUT2D eigenvalue weighted by Crippen LogP contribution is -2.12. The molecule has 0 heterocycles. The number of hydrogen-bond donors (Lipinski definition) is 2. The van der Waals surface area contributed by atoms with Crippen molar-refractivity contribution in [2.75, 3.05) is 6.61 Å². The van der Waals surface area contributed by atoms with Crippen LogP contribution in [0.5, 0.6) is 0 Å². The van der Waals surface area contributed by atoms with Gasteiger partial charge >= 0.3 is 0 Å². The van der Waals surface area contributed by atoms with Crippen molar-refractivity contribution in [3.63, 3.8) is 0 Å². The fraction of sp³-hybridized carbons (Fsp3) is 0.750. The molecule has 0 rings (SSSR count). The van der Waals surface area contributed by atoms with E-state index in [-0.39, 0.29) is 6.29 Å². The molecule has 0 bridgehead atoms. The van der Waals surface area contributed by atoms with E-state index in [2.05, 4.69) is 13.8 Å². The highest BCUT2D eigenvalue weighted by Gasteiger charge is 1.92. The summed E-state index contributed by atoms with van der Waals surface area (Å²) in [6, 6.07) is 0. The maximum absolute atomic E-state index is 9.33. The van der Waals surface area contributed by atoms with Gasteiger partial charge < -0.3 is 21.9 Å². The molecule has 0 fully saturated rings. The second-order valence-corrected chi connectivity index (χ2v) is 2.09. The smallest absolute Gasteiger partial charge is 0.150 e. The fourth-order valence-corrected chi connectivity index (χ4v) is 0.293. The molecule has 0 radical (unpaired) electrons. The summed E-state index contributed by atoms with van der Waals surface area (Å²) in [5.41, 5.74) is 0. The minimum absolute atomic E-state index is 0.278. The van der Waals surface area contributed by atoms with E-state index in [1.807, 2.05) is 0 Å². The predicted molar refractivity (Wildman–Crippen MR) is 44.0 cm³/mol. The molecule has 0 unspecified atom stereocenters. The molecule has 0 aliphatic carbocycles. The van der Waals surface area contributed by atoms with Crippen LogP contribution in [0.1, 0.15) is 26.2 Å². The minimum Gasteiger partial charge on any atom is -0.393 e. The largest absolute Gasteiger partial charge is 0.393 e. The quantitative estimate of drug-likeness (QED) is 0.467. The van der Waals surface area contributed by atoms with Gasteiger partial charge in [-0.3, -0.25) is 0 Å². The van der Waals surface area contributed by atoms with Gasteiger partial charge in [0.25, 0.3) is 0 Å². The van der Waals surface area contributed by atoms with Crippen molar-refractivity contribution in [1.82, 2.24) is 0 Å². The number of hydrogen-bond acceptors (Lipinski definition) is 3. The summed E-state index contributed by atoms with van der Waals surface area (Å²) in [5, 5.41) is 15.9. The zero-order valence-electron chi connectivity index (χ0n) is 6.99. The Kier molecular flexibility index (Phi) is 14.7. The summed E-state index contributed by atoms with van der Waals surface area (Å²) in [6.07, 6.45) is 2.74. The molecule has 0 saturated carbocycles. The first-order valence-corrected chi connectivity index (χ1v) is 3.76. The normalized spacial score (nSPS) is 11.3. The van der Waals surface area contributed by atoms with E-state index < -0.39 is 12.7 Å². The first kappa shape index (κ1) is 13.2. The Morgan fingerprint density at radius 3 is 2.18 bits per heavy atom. The fourth-order valence-electron chi connectivity index (χ4n) is 0.293. The highest BCUT2D eigenvalue weighted by molar-refractivity contribution is 5.55. The number of carbonyl (C=O) groups excluding carboxylic acids is 1. The van der Waals surface area contributed by atoms with Crippen molar-refractivity contribution >= 4 is 6.29 Å². The van der Waals surface area contributed by atoms with Gasteiger partial charge in [-0.05, 0) is 0 Å². The molecule has 0 aromatic rings. The number of rotatable bonds is 4. The Morgan fingerprint density at radius 2 is 2.18 bits per heavy atom. The summed E-state index contributed by atoms with van der Waals surface area (Å²) in [7, 11) is 0. The lowest BCUT2D eigenvalue weighted by Gasteiger charge is -1.89. The molecule has 2 N–H and O–H groups in total. The van der Waals surface area contributed by atoms with Crippen molar-refractivity contribution in [1.29, 1.82) is 0 Å². The zero-order chi connectivity index (χ0) is 9.11. The molecule has 0 spiro atoms. The number of aliphatic hydroxyl groups excluding tert-OH is 2. The van der Waals surface area contributed by atoms with Gasteiger partial charge in [-0.15, -0.1) is 0 Å².